The van der Waals surface area contributed by atoms with Crippen molar-refractivity contribution in [1.82, 2.24) is 4.57 Å². The van der Waals surface area contributed by atoms with Gasteiger partial charge in [0.25, 0.3) is 6.71 Å². The van der Waals surface area contributed by atoms with Gasteiger partial charge in [0.15, 0.2) is 0 Å². The average molecular weight is 482 g/mol. The molecule has 0 radical (unpaired) electrons. The number of hydrogen-bond acceptors (Lipinski definition) is 1. The summed E-state index contributed by atoms with van der Waals surface area (Å²) in [5.74, 6) is -1.16. The Hall–Kier alpha value is -4.38. The fraction of sp³-hybridized carbons (Fsp3) is 0.0625. The number of benzene rings is 5. The van der Waals surface area contributed by atoms with Gasteiger partial charge in [-0.2, -0.15) is 0 Å². The van der Waals surface area contributed by atoms with Crippen LogP contribution in [0.2, 0.25) is 0 Å². The molecule has 176 valence electrons. The van der Waals surface area contributed by atoms with Gasteiger partial charge in [-0.25, -0.2) is 8.78 Å². The maximum Gasteiger partial charge on any atom is 0.252 e. The molecule has 2 nitrogen and oxygen atoms in total. The average Bonchev–Trinajstić information content (AvgIpc) is 3.21. The third kappa shape index (κ3) is 2.58. The third-order valence-corrected chi connectivity index (χ3v) is 7.98. The predicted molar refractivity (Wildman–Crippen MR) is 150 cm³/mol. The standard InChI is InChI=1S/C32H21BF2N2/c1-18-13-14-26-20(15-18)21-16-19(2)17-23-31(21)36(26)28-11-6-12-29-30(28)33(23)22-7-3-4-10-27(22)37(29)32-24(34)8-5-9-25(32)35/h3-17H,1-2H3. The molecule has 0 aliphatic carbocycles. The van der Waals surface area contributed by atoms with Crippen LogP contribution in [0.3, 0.4) is 0 Å². The van der Waals surface area contributed by atoms with E-state index in [0.29, 0.717) is 0 Å². The number of para-hydroxylation sites is 2. The Morgan fingerprint density at radius 2 is 1.32 bits per heavy atom. The molecule has 3 heterocycles. The zero-order valence-electron chi connectivity index (χ0n) is 20.4. The van der Waals surface area contributed by atoms with E-state index in [1.54, 1.807) is 4.90 Å². The van der Waals surface area contributed by atoms with Gasteiger partial charge < -0.3 is 9.47 Å². The summed E-state index contributed by atoms with van der Waals surface area (Å²) in [6, 6.07) is 29.4. The Morgan fingerprint density at radius 1 is 0.622 bits per heavy atom. The van der Waals surface area contributed by atoms with Crippen LogP contribution in [-0.4, -0.2) is 11.3 Å². The monoisotopic (exact) mass is 482 g/mol. The summed E-state index contributed by atoms with van der Waals surface area (Å²) < 4.78 is 33.0. The molecule has 0 fully saturated rings. The van der Waals surface area contributed by atoms with E-state index in [2.05, 4.69) is 60.9 Å². The van der Waals surface area contributed by atoms with Crippen LogP contribution in [0.1, 0.15) is 11.1 Å². The maximum atomic E-state index is 15.3. The SMILES string of the molecule is Cc1ccc2c(c1)c1cc(C)cc3c1n2-c1cccc2c1B3c1ccccc1N2c1c(F)cccc1F. The lowest BCUT2D eigenvalue weighted by Crippen LogP contribution is -2.60. The van der Waals surface area contributed by atoms with Crippen LogP contribution >= 0.6 is 0 Å². The number of halogens is 2. The molecular weight excluding hydrogens is 461 g/mol. The second kappa shape index (κ2) is 7.10. The van der Waals surface area contributed by atoms with Gasteiger partial charge in [0.2, 0.25) is 0 Å². The summed E-state index contributed by atoms with van der Waals surface area (Å²) in [5, 5.41) is 2.46. The van der Waals surface area contributed by atoms with E-state index < -0.39 is 11.6 Å². The summed E-state index contributed by atoms with van der Waals surface area (Å²) in [7, 11) is 0. The maximum absolute atomic E-state index is 15.3. The van der Waals surface area contributed by atoms with E-state index in [1.807, 2.05) is 30.3 Å². The number of nitrogens with zero attached hydrogens (tertiary/aromatic N) is 2. The lowest BCUT2D eigenvalue weighted by atomic mass is 9.33. The molecule has 0 saturated carbocycles. The highest BCUT2D eigenvalue weighted by Gasteiger charge is 2.42. The lowest BCUT2D eigenvalue weighted by molar-refractivity contribution is 0.586. The Bertz CT molecular complexity index is 1930. The van der Waals surface area contributed by atoms with Crippen molar-refractivity contribution in [2.45, 2.75) is 13.8 Å². The molecule has 0 amide bonds. The summed E-state index contributed by atoms with van der Waals surface area (Å²) in [6.07, 6.45) is 0. The number of aromatic nitrogens is 1. The second-order valence-corrected chi connectivity index (χ2v) is 10.2. The molecule has 0 bridgehead atoms. The summed E-state index contributed by atoms with van der Waals surface area (Å²) in [6.45, 7) is 4.22. The molecule has 0 spiro atoms. The van der Waals surface area contributed by atoms with Gasteiger partial charge in [-0.1, -0.05) is 53.6 Å². The van der Waals surface area contributed by atoms with Gasteiger partial charge in [0, 0.05) is 33.4 Å². The van der Waals surface area contributed by atoms with Gasteiger partial charge in [0.1, 0.15) is 17.3 Å². The first-order chi connectivity index (χ1) is 18.0. The number of rotatable bonds is 1. The van der Waals surface area contributed by atoms with Crippen molar-refractivity contribution in [2.75, 3.05) is 4.90 Å². The van der Waals surface area contributed by atoms with E-state index >= 15 is 8.78 Å². The molecule has 5 aromatic carbocycles. The third-order valence-electron chi connectivity index (χ3n) is 7.98. The van der Waals surface area contributed by atoms with E-state index in [1.165, 1.54) is 51.1 Å². The summed E-state index contributed by atoms with van der Waals surface area (Å²) in [5.41, 5.74) is 10.7. The van der Waals surface area contributed by atoms with Gasteiger partial charge in [-0.3, -0.25) is 0 Å². The van der Waals surface area contributed by atoms with E-state index in [4.69, 9.17) is 0 Å². The molecule has 8 rings (SSSR count). The van der Waals surface area contributed by atoms with Crippen LogP contribution in [0.5, 0.6) is 0 Å². The van der Waals surface area contributed by atoms with Gasteiger partial charge >= 0.3 is 0 Å². The van der Waals surface area contributed by atoms with Crippen molar-refractivity contribution in [3.63, 3.8) is 0 Å². The minimum atomic E-state index is -0.581. The first-order valence-corrected chi connectivity index (χ1v) is 12.5. The zero-order chi connectivity index (χ0) is 25.0. The largest absolute Gasteiger partial charge is 0.310 e. The molecule has 1 aromatic heterocycles. The fourth-order valence-corrected chi connectivity index (χ4v) is 6.63. The number of aryl methyl sites for hydroxylation is 2. The molecule has 2 aliphatic heterocycles. The van der Waals surface area contributed by atoms with Crippen molar-refractivity contribution in [3.8, 4) is 5.69 Å². The van der Waals surface area contributed by atoms with E-state index in [9.17, 15) is 0 Å². The molecule has 0 unspecified atom stereocenters. The smallest absolute Gasteiger partial charge is 0.252 e. The van der Waals surface area contributed by atoms with Crippen LogP contribution in [-0.2, 0) is 0 Å². The van der Waals surface area contributed by atoms with Crippen LogP contribution in [0.15, 0.2) is 91.0 Å². The first kappa shape index (κ1) is 20.8. The normalized spacial score (nSPS) is 13.3. The van der Waals surface area contributed by atoms with Gasteiger partial charge in [-0.05, 0) is 78.8 Å². The van der Waals surface area contributed by atoms with E-state index in [-0.39, 0.29) is 12.4 Å². The predicted octanol–water partition coefficient (Wildman–Crippen LogP) is 6.29. The minimum absolute atomic E-state index is 0.0463. The highest BCUT2D eigenvalue weighted by molar-refractivity contribution is 7.00. The second-order valence-electron chi connectivity index (χ2n) is 10.2. The first-order valence-electron chi connectivity index (χ1n) is 12.5. The summed E-state index contributed by atoms with van der Waals surface area (Å²) >= 11 is 0. The molecule has 0 atom stereocenters. The van der Waals surface area contributed by atoms with Gasteiger partial charge in [-0.15, -0.1) is 0 Å². The van der Waals surface area contributed by atoms with Crippen molar-refractivity contribution >= 4 is 62.0 Å². The van der Waals surface area contributed by atoms with Crippen molar-refractivity contribution in [3.05, 3.63) is 114 Å². The molecule has 5 heteroatoms. The molecule has 0 saturated heterocycles. The van der Waals surface area contributed by atoms with E-state index in [0.717, 1.165) is 33.5 Å². The van der Waals surface area contributed by atoms with Crippen LogP contribution in [0.4, 0.5) is 25.8 Å². The van der Waals surface area contributed by atoms with Crippen LogP contribution in [0.25, 0.3) is 27.5 Å². The van der Waals surface area contributed by atoms with Crippen molar-refractivity contribution in [2.24, 2.45) is 0 Å². The summed E-state index contributed by atoms with van der Waals surface area (Å²) in [4.78, 5) is 1.77. The van der Waals surface area contributed by atoms with Crippen molar-refractivity contribution < 1.29 is 8.78 Å². The van der Waals surface area contributed by atoms with Crippen molar-refractivity contribution in [1.29, 1.82) is 0 Å². The topological polar surface area (TPSA) is 8.17 Å². The van der Waals surface area contributed by atoms with Gasteiger partial charge in [0.05, 0.1) is 5.52 Å². The lowest BCUT2D eigenvalue weighted by Gasteiger charge is -2.40. The Labute approximate surface area is 213 Å². The highest BCUT2D eigenvalue weighted by atomic mass is 19.1. The quantitative estimate of drug-likeness (QED) is 0.250. The van der Waals surface area contributed by atoms with Crippen LogP contribution < -0.4 is 21.3 Å². The number of fused-ring (bicyclic) bond motifs is 7. The molecular formula is C32H21BF2N2. The zero-order valence-corrected chi connectivity index (χ0v) is 20.4. The molecule has 2 aliphatic rings. The fourth-order valence-electron chi connectivity index (χ4n) is 6.63. The Balaban J connectivity index is 1.58. The molecule has 37 heavy (non-hydrogen) atoms. The Morgan fingerprint density at radius 3 is 2.16 bits per heavy atom. The van der Waals surface area contributed by atoms with Crippen LogP contribution in [0, 0.1) is 25.5 Å². The molecule has 0 N–H and O–H groups in total. The number of hydrogen-bond donors (Lipinski definition) is 0. The molecule has 6 aromatic rings. The highest BCUT2D eigenvalue weighted by Crippen LogP contribution is 2.42. The minimum Gasteiger partial charge on any atom is -0.310 e. The Kier molecular flexibility index (Phi) is 3.99. The number of anilines is 3.